The maximum atomic E-state index is 12.1. The number of fused-ring (bicyclic) bond motifs is 1. The van der Waals surface area contributed by atoms with Crippen molar-refractivity contribution in [3.8, 4) is 0 Å². The second-order valence-corrected chi connectivity index (χ2v) is 5.66. The first-order valence-corrected chi connectivity index (χ1v) is 7.36. The largest absolute Gasteiger partial charge is 0.383 e. The van der Waals surface area contributed by atoms with Crippen molar-refractivity contribution in [1.29, 1.82) is 0 Å². The van der Waals surface area contributed by atoms with Crippen LogP contribution in [0.15, 0.2) is 30.3 Å². The molecule has 2 atom stereocenters. The zero-order valence-corrected chi connectivity index (χ0v) is 12.0. The maximum absolute atomic E-state index is 12.1. The quantitative estimate of drug-likeness (QED) is 0.816. The Morgan fingerprint density at radius 3 is 2.80 bits per heavy atom. The minimum Gasteiger partial charge on any atom is -0.383 e. The van der Waals surface area contributed by atoms with Gasteiger partial charge in [0.05, 0.1) is 6.61 Å². The van der Waals surface area contributed by atoms with Gasteiger partial charge in [-0.3, -0.25) is 9.69 Å². The normalized spacial score (nSPS) is 26.2. The van der Waals surface area contributed by atoms with Crippen LogP contribution in [0, 0.1) is 0 Å². The molecule has 0 aromatic heterocycles. The molecule has 2 aliphatic heterocycles. The SMILES string of the molecule is COCCN1C(=O)C[C@H]2[C@H]1CCN2Cc1ccccc1. The standard InChI is InChI=1S/C16H22N2O2/c1-20-10-9-18-14-7-8-17(15(14)11-16(18)19)12-13-5-3-2-4-6-13/h2-6,14-15H,7-12H2,1H3/t14-,15+/m1/s1. The Labute approximate surface area is 120 Å². The van der Waals surface area contributed by atoms with Gasteiger partial charge in [0, 0.05) is 45.2 Å². The number of nitrogens with zero attached hydrogens (tertiary/aromatic N) is 2. The van der Waals surface area contributed by atoms with Gasteiger partial charge in [0.2, 0.25) is 5.91 Å². The van der Waals surface area contributed by atoms with Gasteiger partial charge in [0.25, 0.3) is 0 Å². The molecule has 20 heavy (non-hydrogen) atoms. The van der Waals surface area contributed by atoms with E-state index < -0.39 is 0 Å². The molecule has 1 amide bonds. The second kappa shape index (κ2) is 5.94. The summed E-state index contributed by atoms with van der Waals surface area (Å²) in [5, 5.41) is 0. The summed E-state index contributed by atoms with van der Waals surface area (Å²) >= 11 is 0. The van der Waals surface area contributed by atoms with E-state index in [0.717, 1.165) is 26.1 Å². The zero-order valence-electron chi connectivity index (χ0n) is 12.0. The zero-order chi connectivity index (χ0) is 13.9. The van der Waals surface area contributed by atoms with Crippen LogP contribution in [0.1, 0.15) is 18.4 Å². The molecule has 0 N–H and O–H groups in total. The number of hydrogen-bond acceptors (Lipinski definition) is 3. The fourth-order valence-corrected chi connectivity index (χ4v) is 3.50. The van der Waals surface area contributed by atoms with Crippen molar-refractivity contribution in [3.63, 3.8) is 0 Å². The molecule has 2 saturated heterocycles. The van der Waals surface area contributed by atoms with Crippen LogP contribution in [-0.2, 0) is 16.1 Å². The van der Waals surface area contributed by atoms with E-state index >= 15 is 0 Å². The van der Waals surface area contributed by atoms with Gasteiger partial charge in [0.1, 0.15) is 0 Å². The summed E-state index contributed by atoms with van der Waals surface area (Å²) in [4.78, 5) is 16.6. The molecule has 0 spiro atoms. The number of hydrogen-bond donors (Lipinski definition) is 0. The highest BCUT2D eigenvalue weighted by Gasteiger charge is 2.46. The predicted molar refractivity (Wildman–Crippen MR) is 77.3 cm³/mol. The first kappa shape index (κ1) is 13.6. The van der Waals surface area contributed by atoms with Crippen LogP contribution in [0.3, 0.4) is 0 Å². The molecule has 0 aliphatic carbocycles. The average Bonchev–Trinajstić information content (AvgIpc) is 2.98. The third kappa shape index (κ3) is 2.58. The highest BCUT2D eigenvalue weighted by Crippen LogP contribution is 2.33. The monoisotopic (exact) mass is 274 g/mol. The van der Waals surface area contributed by atoms with Crippen LogP contribution in [0.2, 0.25) is 0 Å². The van der Waals surface area contributed by atoms with Gasteiger partial charge in [-0.05, 0) is 12.0 Å². The molecule has 1 aromatic carbocycles. The van der Waals surface area contributed by atoms with E-state index in [4.69, 9.17) is 4.74 Å². The summed E-state index contributed by atoms with van der Waals surface area (Å²) in [5.74, 6) is 0.287. The van der Waals surface area contributed by atoms with E-state index in [-0.39, 0.29) is 5.91 Å². The Bertz CT molecular complexity index is 463. The van der Waals surface area contributed by atoms with Crippen LogP contribution < -0.4 is 0 Å². The minimum absolute atomic E-state index is 0.287. The minimum atomic E-state index is 0.287. The number of rotatable bonds is 5. The molecule has 3 rings (SSSR count). The number of ether oxygens (including phenoxy) is 1. The predicted octanol–water partition coefficient (Wildman–Crippen LogP) is 1.51. The van der Waals surface area contributed by atoms with Crippen LogP contribution in [0.4, 0.5) is 0 Å². The fourth-order valence-electron chi connectivity index (χ4n) is 3.50. The van der Waals surface area contributed by atoms with Crippen molar-refractivity contribution in [2.45, 2.75) is 31.5 Å². The summed E-state index contributed by atoms with van der Waals surface area (Å²) < 4.78 is 5.12. The topological polar surface area (TPSA) is 32.8 Å². The van der Waals surface area contributed by atoms with Gasteiger partial charge in [-0.15, -0.1) is 0 Å². The maximum Gasteiger partial charge on any atom is 0.224 e. The molecule has 0 bridgehead atoms. The number of carbonyl (C=O) groups is 1. The lowest BCUT2D eigenvalue weighted by molar-refractivity contribution is -0.129. The molecule has 0 saturated carbocycles. The molecule has 0 unspecified atom stereocenters. The second-order valence-electron chi connectivity index (χ2n) is 5.66. The lowest BCUT2D eigenvalue weighted by Crippen LogP contribution is -2.38. The van der Waals surface area contributed by atoms with Gasteiger partial charge in [-0.1, -0.05) is 30.3 Å². The Balaban J connectivity index is 1.65. The first-order valence-electron chi connectivity index (χ1n) is 7.36. The molecule has 4 heteroatoms. The van der Waals surface area contributed by atoms with E-state index in [0.29, 0.717) is 25.1 Å². The van der Waals surface area contributed by atoms with E-state index in [9.17, 15) is 4.79 Å². The Morgan fingerprint density at radius 2 is 2.05 bits per heavy atom. The van der Waals surface area contributed by atoms with Crippen molar-refractivity contribution in [2.75, 3.05) is 26.8 Å². The Kier molecular flexibility index (Phi) is 4.03. The summed E-state index contributed by atoms with van der Waals surface area (Å²) in [7, 11) is 1.69. The van der Waals surface area contributed by atoms with Gasteiger partial charge in [0.15, 0.2) is 0 Å². The van der Waals surface area contributed by atoms with Gasteiger partial charge >= 0.3 is 0 Å². The molecule has 1 aromatic rings. The van der Waals surface area contributed by atoms with E-state index in [1.54, 1.807) is 7.11 Å². The Hall–Kier alpha value is -1.39. The molecule has 2 fully saturated rings. The van der Waals surface area contributed by atoms with Crippen molar-refractivity contribution in [1.82, 2.24) is 9.80 Å². The number of benzene rings is 1. The van der Waals surface area contributed by atoms with Crippen molar-refractivity contribution < 1.29 is 9.53 Å². The number of carbonyl (C=O) groups excluding carboxylic acids is 1. The van der Waals surface area contributed by atoms with Crippen LogP contribution >= 0.6 is 0 Å². The molecule has 2 heterocycles. The summed E-state index contributed by atoms with van der Waals surface area (Å²) in [6.07, 6.45) is 1.76. The number of amides is 1. The smallest absolute Gasteiger partial charge is 0.224 e. The number of likely N-dealkylation sites (tertiary alicyclic amines) is 2. The lowest BCUT2D eigenvalue weighted by Gasteiger charge is -2.25. The third-order valence-corrected chi connectivity index (χ3v) is 4.49. The molecule has 2 aliphatic rings. The van der Waals surface area contributed by atoms with Crippen molar-refractivity contribution in [3.05, 3.63) is 35.9 Å². The van der Waals surface area contributed by atoms with Gasteiger partial charge in [-0.25, -0.2) is 0 Å². The summed E-state index contributed by atoms with van der Waals surface area (Å²) in [6, 6.07) is 11.3. The fraction of sp³-hybridized carbons (Fsp3) is 0.562. The summed E-state index contributed by atoms with van der Waals surface area (Å²) in [5.41, 5.74) is 1.33. The molecular formula is C16H22N2O2. The number of methoxy groups -OCH3 is 1. The van der Waals surface area contributed by atoms with E-state index in [1.165, 1.54) is 5.56 Å². The molecule has 108 valence electrons. The van der Waals surface area contributed by atoms with Crippen molar-refractivity contribution in [2.24, 2.45) is 0 Å². The highest BCUT2D eigenvalue weighted by molar-refractivity contribution is 5.80. The molecule has 0 radical (unpaired) electrons. The highest BCUT2D eigenvalue weighted by atomic mass is 16.5. The summed E-state index contributed by atoms with van der Waals surface area (Å²) in [6.45, 7) is 3.40. The lowest BCUT2D eigenvalue weighted by atomic mass is 10.1. The molecular weight excluding hydrogens is 252 g/mol. The van der Waals surface area contributed by atoms with Crippen LogP contribution in [0.25, 0.3) is 0 Å². The van der Waals surface area contributed by atoms with Gasteiger partial charge in [-0.2, -0.15) is 0 Å². The first-order chi connectivity index (χ1) is 9.79. The molecule has 4 nitrogen and oxygen atoms in total. The van der Waals surface area contributed by atoms with Crippen molar-refractivity contribution >= 4 is 5.91 Å². The average molecular weight is 274 g/mol. The van der Waals surface area contributed by atoms with Crippen LogP contribution in [0.5, 0.6) is 0 Å². The third-order valence-electron chi connectivity index (χ3n) is 4.49. The van der Waals surface area contributed by atoms with E-state index in [1.807, 2.05) is 11.0 Å². The Morgan fingerprint density at radius 1 is 1.25 bits per heavy atom. The van der Waals surface area contributed by atoms with E-state index in [2.05, 4.69) is 29.2 Å². The van der Waals surface area contributed by atoms with Crippen LogP contribution in [-0.4, -0.2) is 54.6 Å². The van der Waals surface area contributed by atoms with Gasteiger partial charge < -0.3 is 9.64 Å².